The van der Waals surface area contributed by atoms with Crippen LogP contribution in [0.4, 0.5) is 4.79 Å². The predicted molar refractivity (Wildman–Crippen MR) is 91.0 cm³/mol. The highest BCUT2D eigenvalue weighted by molar-refractivity contribution is 7.21. The molecule has 0 aliphatic carbocycles. The van der Waals surface area contributed by atoms with Crippen LogP contribution in [0, 0.1) is 0 Å². The number of carboxylic acid groups (broad SMARTS) is 1. The molecule has 3 aromatic rings. The van der Waals surface area contributed by atoms with Crippen LogP contribution >= 0.6 is 11.3 Å². The lowest BCUT2D eigenvalue weighted by atomic mass is 9.97. The van der Waals surface area contributed by atoms with E-state index in [-0.39, 0.29) is 5.92 Å². The maximum atomic E-state index is 11.0. The second-order valence-electron chi connectivity index (χ2n) is 5.85. The van der Waals surface area contributed by atoms with Crippen molar-refractivity contribution in [2.24, 2.45) is 0 Å². The van der Waals surface area contributed by atoms with Crippen molar-refractivity contribution in [2.75, 3.05) is 20.2 Å². The van der Waals surface area contributed by atoms with Gasteiger partial charge in [-0.05, 0) is 31.0 Å². The van der Waals surface area contributed by atoms with E-state index in [0.29, 0.717) is 42.7 Å². The van der Waals surface area contributed by atoms with Crippen LogP contribution in [0.15, 0.2) is 22.7 Å². The van der Waals surface area contributed by atoms with Gasteiger partial charge in [0.25, 0.3) is 0 Å². The van der Waals surface area contributed by atoms with Crippen molar-refractivity contribution in [3.8, 4) is 16.6 Å². The van der Waals surface area contributed by atoms with Gasteiger partial charge in [-0.15, -0.1) is 11.3 Å². The number of likely N-dealkylation sites (tertiary alicyclic amines) is 1. The van der Waals surface area contributed by atoms with Crippen molar-refractivity contribution in [2.45, 2.75) is 18.8 Å². The van der Waals surface area contributed by atoms with E-state index in [1.807, 2.05) is 18.2 Å². The van der Waals surface area contributed by atoms with Crippen molar-refractivity contribution >= 4 is 27.6 Å². The van der Waals surface area contributed by atoms with Crippen LogP contribution in [0.25, 0.3) is 21.0 Å². The molecule has 0 atom stereocenters. The van der Waals surface area contributed by atoms with Gasteiger partial charge in [0, 0.05) is 19.0 Å². The number of methoxy groups -OCH3 is 1. The standard InChI is InChI=1S/C16H16N4O4S/c1-23-10-2-3-11-12(8-10)25-15(17-11)13-18-14(24-19-13)9-4-6-20(7-5-9)16(21)22/h2-3,8-9H,4-7H2,1H3,(H,21,22). The van der Waals surface area contributed by atoms with Crippen molar-refractivity contribution in [3.63, 3.8) is 0 Å². The number of fused-ring (bicyclic) bond motifs is 1. The first kappa shape index (κ1) is 15.8. The summed E-state index contributed by atoms with van der Waals surface area (Å²) in [7, 11) is 1.63. The third-order valence-corrected chi connectivity index (χ3v) is 5.36. The molecule has 130 valence electrons. The van der Waals surface area contributed by atoms with Crippen LogP contribution in [0.1, 0.15) is 24.7 Å². The highest BCUT2D eigenvalue weighted by Gasteiger charge is 2.27. The molecule has 1 aliphatic heterocycles. The third kappa shape index (κ3) is 3.02. The molecule has 3 heterocycles. The monoisotopic (exact) mass is 360 g/mol. The fraction of sp³-hybridized carbons (Fsp3) is 0.375. The molecule has 0 bridgehead atoms. The molecule has 1 aromatic carbocycles. The Hall–Kier alpha value is -2.68. The summed E-state index contributed by atoms with van der Waals surface area (Å²) in [5.41, 5.74) is 0.863. The molecule has 9 heteroatoms. The number of piperidine rings is 1. The van der Waals surface area contributed by atoms with Gasteiger partial charge in [0.1, 0.15) is 5.75 Å². The molecule has 2 aromatic heterocycles. The summed E-state index contributed by atoms with van der Waals surface area (Å²) in [4.78, 5) is 21.4. The molecular weight excluding hydrogens is 344 g/mol. The van der Waals surface area contributed by atoms with Crippen LogP contribution in [-0.4, -0.2) is 51.4 Å². The highest BCUT2D eigenvalue weighted by atomic mass is 32.1. The first-order chi connectivity index (χ1) is 12.1. The van der Waals surface area contributed by atoms with E-state index in [1.54, 1.807) is 7.11 Å². The van der Waals surface area contributed by atoms with Gasteiger partial charge in [-0.3, -0.25) is 0 Å². The molecule has 0 saturated carbocycles. The van der Waals surface area contributed by atoms with E-state index in [0.717, 1.165) is 16.0 Å². The number of carbonyl (C=O) groups is 1. The number of aromatic nitrogens is 3. The number of hydrogen-bond donors (Lipinski definition) is 1. The lowest BCUT2D eigenvalue weighted by molar-refractivity contribution is 0.128. The second-order valence-corrected chi connectivity index (χ2v) is 6.88. The fourth-order valence-electron chi connectivity index (χ4n) is 2.93. The number of nitrogens with zero attached hydrogens (tertiary/aromatic N) is 4. The Kier molecular flexibility index (Phi) is 4.00. The average molecular weight is 360 g/mol. The minimum atomic E-state index is -0.880. The van der Waals surface area contributed by atoms with Gasteiger partial charge in [0.15, 0.2) is 5.01 Å². The van der Waals surface area contributed by atoms with E-state index < -0.39 is 6.09 Å². The molecule has 0 radical (unpaired) electrons. The van der Waals surface area contributed by atoms with E-state index in [1.165, 1.54) is 16.2 Å². The Labute approximate surface area is 147 Å². The van der Waals surface area contributed by atoms with Gasteiger partial charge in [-0.25, -0.2) is 9.78 Å². The van der Waals surface area contributed by atoms with Gasteiger partial charge in [-0.1, -0.05) is 5.16 Å². The van der Waals surface area contributed by atoms with Crippen molar-refractivity contribution in [1.29, 1.82) is 0 Å². The minimum absolute atomic E-state index is 0.0892. The Bertz CT molecular complexity index is 914. The average Bonchev–Trinajstić information content (AvgIpc) is 3.27. The maximum Gasteiger partial charge on any atom is 0.407 e. The van der Waals surface area contributed by atoms with Gasteiger partial charge < -0.3 is 19.3 Å². The van der Waals surface area contributed by atoms with Crippen LogP contribution in [0.2, 0.25) is 0 Å². The lowest BCUT2D eigenvalue weighted by Gasteiger charge is -2.27. The summed E-state index contributed by atoms with van der Waals surface area (Å²) in [5, 5.41) is 13.8. The van der Waals surface area contributed by atoms with Gasteiger partial charge >= 0.3 is 6.09 Å². The Morgan fingerprint density at radius 1 is 1.36 bits per heavy atom. The third-order valence-electron chi connectivity index (χ3n) is 4.34. The second kappa shape index (κ2) is 6.32. The first-order valence-corrected chi connectivity index (χ1v) is 8.72. The summed E-state index contributed by atoms with van der Waals surface area (Å²) in [6.07, 6.45) is 0.491. The smallest absolute Gasteiger partial charge is 0.407 e. The summed E-state index contributed by atoms with van der Waals surface area (Å²) in [5.74, 6) is 1.89. The number of thiazole rings is 1. The summed E-state index contributed by atoms with van der Waals surface area (Å²) in [6, 6.07) is 5.69. The Morgan fingerprint density at radius 2 is 2.16 bits per heavy atom. The van der Waals surface area contributed by atoms with Crippen molar-refractivity contribution < 1.29 is 19.2 Å². The Balaban J connectivity index is 1.54. The Morgan fingerprint density at radius 3 is 2.88 bits per heavy atom. The van der Waals surface area contributed by atoms with E-state index in [2.05, 4.69) is 15.1 Å². The first-order valence-electron chi connectivity index (χ1n) is 7.90. The van der Waals surface area contributed by atoms with Crippen LogP contribution in [0.5, 0.6) is 5.75 Å². The van der Waals surface area contributed by atoms with Gasteiger partial charge in [-0.2, -0.15) is 4.98 Å². The number of rotatable bonds is 3. The maximum absolute atomic E-state index is 11.0. The summed E-state index contributed by atoms with van der Waals surface area (Å²) < 4.78 is 11.6. The van der Waals surface area contributed by atoms with E-state index in [4.69, 9.17) is 14.4 Å². The number of hydrogen-bond acceptors (Lipinski definition) is 7. The number of benzene rings is 1. The molecule has 25 heavy (non-hydrogen) atoms. The fourth-order valence-corrected chi connectivity index (χ4v) is 3.85. The number of amides is 1. The molecule has 4 rings (SSSR count). The highest BCUT2D eigenvalue weighted by Crippen LogP contribution is 2.33. The van der Waals surface area contributed by atoms with Crippen molar-refractivity contribution in [1.82, 2.24) is 20.0 Å². The normalized spacial score (nSPS) is 15.6. The van der Waals surface area contributed by atoms with Crippen molar-refractivity contribution in [3.05, 3.63) is 24.1 Å². The molecule has 8 nitrogen and oxygen atoms in total. The van der Waals surface area contributed by atoms with Crippen LogP contribution < -0.4 is 4.74 Å². The zero-order valence-corrected chi connectivity index (χ0v) is 14.3. The van der Waals surface area contributed by atoms with Crippen LogP contribution in [0.3, 0.4) is 0 Å². The van der Waals surface area contributed by atoms with Gasteiger partial charge in [0.2, 0.25) is 11.7 Å². The number of ether oxygens (including phenoxy) is 1. The zero-order valence-electron chi connectivity index (χ0n) is 13.5. The zero-order chi connectivity index (χ0) is 17.4. The molecular formula is C16H16N4O4S. The molecule has 0 spiro atoms. The molecule has 0 unspecified atom stereocenters. The van der Waals surface area contributed by atoms with E-state index >= 15 is 0 Å². The topological polar surface area (TPSA) is 102 Å². The molecule has 1 fully saturated rings. The lowest BCUT2D eigenvalue weighted by Crippen LogP contribution is -2.36. The van der Waals surface area contributed by atoms with Crippen LogP contribution in [-0.2, 0) is 0 Å². The molecule has 1 aliphatic rings. The van der Waals surface area contributed by atoms with E-state index in [9.17, 15) is 4.79 Å². The minimum Gasteiger partial charge on any atom is -0.497 e. The molecule has 1 saturated heterocycles. The summed E-state index contributed by atoms with van der Waals surface area (Å²) in [6.45, 7) is 0.970. The van der Waals surface area contributed by atoms with Gasteiger partial charge in [0.05, 0.1) is 17.3 Å². The summed E-state index contributed by atoms with van der Waals surface area (Å²) >= 11 is 1.48. The molecule has 1 N–H and O–H groups in total. The SMILES string of the molecule is COc1ccc2nc(-c3noc(C4CCN(C(=O)O)CC4)n3)sc2c1. The predicted octanol–water partition coefficient (Wildman–Crippen LogP) is 3.21. The quantitative estimate of drug-likeness (QED) is 0.765. The molecule has 1 amide bonds. The largest absolute Gasteiger partial charge is 0.497 e.